The van der Waals surface area contributed by atoms with Gasteiger partial charge in [-0.2, -0.15) is 0 Å². The van der Waals surface area contributed by atoms with Gasteiger partial charge in [-0.3, -0.25) is 9.69 Å². The van der Waals surface area contributed by atoms with E-state index in [9.17, 15) is 9.59 Å². The number of carbonyl (C=O) groups excluding carboxylic acids is 1. The Balaban J connectivity index is 2.01. The van der Waals surface area contributed by atoms with Gasteiger partial charge in [0.2, 0.25) is 0 Å². The third-order valence-corrected chi connectivity index (χ3v) is 3.13. The molecule has 0 bridgehead atoms. The highest BCUT2D eigenvalue weighted by atomic mass is 16.6. The lowest BCUT2D eigenvalue weighted by atomic mass is 9.85. The first-order valence-corrected chi connectivity index (χ1v) is 5.31. The smallest absolute Gasteiger partial charge is 0.411 e. The SMILES string of the molecule is O=C(O)CN1CC2(CCCCC2)OC1=O. The van der Waals surface area contributed by atoms with Crippen molar-refractivity contribution in [3.8, 4) is 0 Å². The van der Waals surface area contributed by atoms with E-state index in [0.29, 0.717) is 6.54 Å². The number of nitrogens with zero attached hydrogens (tertiary/aromatic N) is 1. The molecule has 1 aliphatic heterocycles. The maximum absolute atomic E-state index is 11.4. The lowest BCUT2D eigenvalue weighted by Gasteiger charge is -2.30. The van der Waals surface area contributed by atoms with Crippen LogP contribution in [0.3, 0.4) is 0 Å². The molecule has 15 heavy (non-hydrogen) atoms. The Hall–Kier alpha value is -1.26. The number of carbonyl (C=O) groups is 2. The van der Waals surface area contributed by atoms with Crippen molar-refractivity contribution in [2.45, 2.75) is 37.7 Å². The van der Waals surface area contributed by atoms with Crippen molar-refractivity contribution in [2.75, 3.05) is 13.1 Å². The van der Waals surface area contributed by atoms with E-state index < -0.39 is 12.1 Å². The molecule has 2 rings (SSSR count). The topological polar surface area (TPSA) is 66.8 Å². The number of aliphatic carboxylic acids is 1. The summed E-state index contributed by atoms with van der Waals surface area (Å²) in [6.45, 7) is 0.193. The monoisotopic (exact) mass is 213 g/mol. The quantitative estimate of drug-likeness (QED) is 0.749. The van der Waals surface area contributed by atoms with Gasteiger partial charge in [0.25, 0.3) is 0 Å². The van der Waals surface area contributed by atoms with Gasteiger partial charge >= 0.3 is 12.1 Å². The normalized spacial score (nSPS) is 24.3. The molecule has 2 fully saturated rings. The Morgan fingerprint density at radius 2 is 2.07 bits per heavy atom. The van der Waals surface area contributed by atoms with Crippen LogP contribution in [0.5, 0.6) is 0 Å². The van der Waals surface area contributed by atoms with E-state index >= 15 is 0 Å². The van der Waals surface area contributed by atoms with Crippen LogP contribution in [0.2, 0.25) is 0 Å². The van der Waals surface area contributed by atoms with Crippen LogP contribution in [-0.4, -0.2) is 40.8 Å². The van der Waals surface area contributed by atoms with Crippen LogP contribution in [0.1, 0.15) is 32.1 Å². The van der Waals surface area contributed by atoms with Crippen molar-refractivity contribution < 1.29 is 19.4 Å². The highest BCUT2D eigenvalue weighted by Gasteiger charge is 2.45. The van der Waals surface area contributed by atoms with Gasteiger partial charge in [-0.25, -0.2) is 4.79 Å². The van der Waals surface area contributed by atoms with Crippen LogP contribution in [0, 0.1) is 0 Å². The number of ether oxygens (including phenoxy) is 1. The van der Waals surface area contributed by atoms with Crippen LogP contribution < -0.4 is 0 Å². The second-order valence-electron chi connectivity index (χ2n) is 4.36. The molecule has 5 nitrogen and oxygen atoms in total. The zero-order valence-electron chi connectivity index (χ0n) is 8.57. The van der Waals surface area contributed by atoms with Gasteiger partial charge in [0.1, 0.15) is 12.1 Å². The van der Waals surface area contributed by atoms with Gasteiger partial charge in [-0.15, -0.1) is 0 Å². The summed E-state index contributed by atoms with van der Waals surface area (Å²) in [7, 11) is 0. The van der Waals surface area contributed by atoms with Gasteiger partial charge in [0.05, 0.1) is 6.54 Å². The maximum Gasteiger partial charge on any atom is 0.411 e. The standard InChI is InChI=1S/C10H15NO4/c12-8(13)6-11-7-10(15-9(11)14)4-2-1-3-5-10/h1-7H2,(H,12,13). The lowest BCUT2D eigenvalue weighted by molar-refractivity contribution is -0.137. The molecule has 0 unspecified atom stereocenters. The van der Waals surface area contributed by atoms with Gasteiger partial charge in [0.15, 0.2) is 0 Å². The average Bonchev–Trinajstić information content (AvgIpc) is 2.43. The first-order chi connectivity index (χ1) is 7.11. The van der Waals surface area contributed by atoms with E-state index in [4.69, 9.17) is 9.84 Å². The molecule has 5 heteroatoms. The summed E-state index contributed by atoms with van der Waals surface area (Å²) in [6, 6.07) is 0. The number of carboxylic acid groups (broad SMARTS) is 1. The molecule has 0 radical (unpaired) electrons. The zero-order valence-corrected chi connectivity index (χ0v) is 8.57. The minimum atomic E-state index is -0.986. The fourth-order valence-corrected chi connectivity index (χ4v) is 2.43. The number of hydrogen-bond acceptors (Lipinski definition) is 3. The summed E-state index contributed by atoms with van der Waals surface area (Å²) >= 11 is 0. The minimum absolute atomic E-state index is 0.249. The van der Waals surface area contributed by atoms with Gasteiger partial charge in [0, 0.05) is 0 Å². The van der Waals surface area contributed by atoms with Gasteiger partial charge in [-0.1, -0.05) is 6.42 Å². The van der Waals surface area contributed by atoms with Crippen molar-refractivity contribution in [2.24, 2.45) is 0 Å². The molecule has 1 spiro atoms. The molecule has 0 aromatic rings. The first kappa shape index (κ1) is 10.3. The largest absolute Gasteiger partial charge is 0.480 e. The summed E-state index contributed by atoms with van der Waals surface area (Å²) in [5, 5.41) is 8.63. The zero-order chi connectivity index (χ0) is 10.9. The highest BCUT2D eigenvalue weighted by Crippen LogP contribution is 2.36. The number of hydrogen-bond donors (Lipinski definition) is 1. The summed E-state index contributed by atoms with van der Waals surface area (Å²) in [5.74, 6) is -0.986. The summed E-state index contributed by atoms with van der Waals surface area (Å²) in [5.41, 5.74) is -0.384. The molecule has 1 amide bonds. The fraction of sp³-hybridized carbons (Fsp3) is 0.800. The van der Waals surface area contributed by atoms with E-state index in [1.54, 1.807) is 0 Å². The first-order valence-electron chi connectivity index (χ1n) is 5.31. The lowest BCUT2D eigenvalue weighted by Crippen LogP contribution is -2.37. The molecule has 1 heterocycles. The van der Waals surface area contributed by atoms with Crippen LogP contribution in [0.15, 0.2) is 0 Å². The Morgan fingerprint density at radius 1 is 1.40 bits per heavy atom. The van der Waals surface area contributed by atoms with Gasteiger partial charge < -0.3 is 9.84 Å². The number of carboxylic acids is 1. The van der Waals surface area contributed by atoms with Crippen LogP contribution >= 0.6 is 0 Å². The van der Waals surface area contributed by atoms with Crippen molar-refractivity contribution in [3.05, 3.63) is 0 Å². The Morgan fingerprint density at radius 3 is 2.67 bits per heavy atom. The fourth-order valence-electron chi connectivity index (χ4n) is 2.43. The van der Waals surface area contributed by atoms with Crippen LogP contribution in [0.25, 0.3) is 0 Å². The third-order valence-electron chi connectivity index (χ3n) is 3.13. The molecule has 1 N–H and O–H groups in total. The predicted molar refractivity (Wildman–Crippen MR) is 51.5 cm³/mol. The second kappa shape index (κ2) is 3.72. The summed E-state index contributed by atoms with van der Waals surface area (Å²) < 4.78 is 5.33. The average molecular weight is 213 g/mol. The summed E-state index contributed by atoms with van der Waals surface area (Å²) in [6.07, 6.45) is 4.57. The molecular weight excluding hydrogens is 198 g/mol. The highest BCUT2D eigenvalue weighted by molar-refractivity contribution is 5.78. The Labute approximate surface area is 88.0 Å². The van der Waals surface area contributed by atoms with Gasteiger partial charge in [-0.05, 0) is 25.7 Å². The Kier molecular flexibility index (Phi) is 2.54. The second-order valence-corrected chi connectivity index (χ2v) is 4.36. The molecule has 2 aliphatic rings. The van der Waals surface area contributed by atoms with E-state index in [0.717, 1.165) is 25.7 Å². The van der Waals surface area contributed by atoms with Crippen LogP contribution in [-0.2, 0) is 9.53 Å². The predicted octanol–water partition coefficient (Wildman–Crippen LogP) is 1.23. The molecule has 1 saturated heterocycles. The molecule has 0 aromatic heterocycles. The summed E-state index contributed by atoms with van der Waals surface area (Å²) in [4.78, 5) is 23.2. The maximum atomic E-state index is 11.4. The Bertz CT molecular complexity index is 283. The minimum Gasteiger partial charge on any atom is -0.480 e. The molecule has 0 atom stereocenters. The van der Waals surface area contributed by atoms with E-state index in [1.807, 2.05) is 0 Å². The number of amides is 1. The molecule has 1 saturated carbocycles. The van der Waals surface area contributed by atoms with Crippen LogP contribution in [0.4, 0.5) is 4.79 Å². The van der Waals surface area contributed by atoms with E-state index in [-0.39, 0.29) is 12.1 Å². The number of rotatable bonds is 2. The van der Waals surface area contributed by atoms with Crippen molar-refractivity contribution >= 4 is 12.1 Å². The molecular formula is C10H15NO4. The van der Waals surface area contributed by atoms with E-state index in [2.05, 4.69) is 0 Å². The molecule has 1 aliphatic carbocycles. The van der Waals surface area contributed by atoms with Crippen molar-refractivity contribution in [1.82, 2.24) is 4.90 Å². The molecule has 84 valence electrons. The van der Waals surface area contributed by atoms with E-state index in [1.165, 1.54) is 11.3 Å². The van der Waals surface area contributed by atoms with Crippen molar-refractivity contribution in [3.63, 3.8) is 0 Å². The van der Waals surface area contributed by atoms with Crippen molar-refractivity contribution in [1.29, 1.82) is 0 Å². The third kappa shape index (κ3) is 2.06. The molecule has 0 aromatic carbocycles.